The van der Waals surface area contributed by atoms with Gasteiger partial charge in [-0.25, -0.2) is 9.79 Å². The van der Waals surface area contributed by atoms with Crippen LogP contribution in [0.5, 0.6) is 5.75 Å². The van der Waals surface area contributed by atoms with Crippen LogP contribution in [0.1, 0.15) is 18.1 Å². The normalized spacial score (nSPS) is 15.2. The summed E-state index contributed by atoms with van der Waals surface area (Å²) < 4.78 is 11.3. The minimum absolute atomic E-state index is 0.198. The fourth-order valence-electron chi connectivity index (χ4n) is 2.12. The molecule has 0 saturated heterocycles. The summed E-state index contributed by atoms with van der Waals surface area (Å²) in [6, 6.07) is 14.3. The van der Waals surface area contributed by atoms with Crippen LogP contribution in [-0.2, 0) is 14.3 Å². The summed E-state index contributed by atoms with van der Waals surface area (Å²) >= 11 is 2.20. The SMILES string of the molecule is CC(=O)Oc1cccc(C=C2N=C(c3ccc(I)cc3)OC2=O)c1. The van der Waals surface area contributed by atoms with Crippen LogP contribution in [-0.4, -0.2) is 17.8 Å². The van der Waals surface area contributed by atoms with Gasteiger partial charge < -0.3 is 9.47 Å². The van der Waals surface area contributed by atoms with Crippen LogP contribution < -0.4 is 4.74 Å². The Labute approximate surface area is 152 Å². The first-order chi connectivity index (χ1) is 11.5. The molecule has 5 nitrogen and oxygen atoms in total. The first-order valence-electron chi connectivity index (χ1n) is 7.08. The summed E-state index contributed by atoms with van der Waals surface area (Å²) in [7, 11) is 0. The zero-order valence-electron chi connectivity index (χ0n) is 12.7. The standard InChI is InChI=1S/C18H12INO4/c1-11(21)23-15-4-2-3-12(9-15)10-16-18(22)24-17(20-16)13-5-7-14(19)8-6-13/h2-10H,1H3. The van der Waals surface area contributed by atoms with Crippen molar-refractivity contribution in [3.63, 3.8) is 0 Å². The number of carbonyl (C=O) groups excluding carboxylic acids is 2. The van der Waals surface area contributed by atoms with Gasteiger partial charge in [-0.3, -0.25) is 4.79 Å². The Kier molecular flexibility index (Phi) is 4.75. The molecule has 0 atom stereocenters. The molecule has 0 unspecified atom stereocenters. The number of ether oxygens (including phenoxy) is 2. The Bertz CT molecular complexity index is 869. The van der Waals surface area contributed by atoms with Crippen molar-refractivity contribution < 1.29 is 19.1 Å². The van der Waals surface area contributed by atoms with E-state index in [1.54, 1.807) is 30.3 Å². The summed E-state index contributed by atoms with van der Waals surface area (Å²) in [5, 5.41) is 0. The number of rotatable bonds is 3. The lowest BCUT2D eigenvalue weighted by Gasteiger charge is -2.01. The van der Waals surface area contributed by atoms with Crippen LogP contribution in [0.4, 0.5) is 0 Å². The van der Waals surface area contributed by atoms with Gasteiger partial charge in [0.05, 0.1) is 0 Å². The van der Waals surface area contributed by atoms with Crippen LogP contribution in [0.25, 0.3) is 6.08 Å². The lowest BCUT2D eigenvalue weighted by molar-refractivity contribution is -0.132. The van der Waals surface area contributed by atoms with Crippen LogP contribution in [0.2, 0.25) is 0 Å². The third-order valence-corrected chi connectivity index (χ3v) is 3.85. The largest absolute Gasteiger partial charge is 0.427 e. The van der Waals surface area contributed by atoms with E-state index in [1.165, 1.54) is 6.92 Å². The van der Waals surface area contributed by atoms with E-state index in [2.05, 4.69) is 27.6 Å². The Hall–Kier alpha value is -2.48. The first kappa shape index (κ1) is 16.4. The summed E-state index contributed by atoms with van der Waals surface area (Å²) in [5.41, 5.74) is 1.62. The molecule has 6 heteroatoms. The zero-order chi connectivity index (χ0) is 17.1. The molecule has 0 spiro atoms. The maximum absolute atomic E-state index is 12.0. The highest BCUT2D eigenvalue weighted by Gasteiger charge is 2.24. The molecule has 0 amide bonds. The number of cyclic esters (lactones) is 1. The Morgan fingerprint density at radius 3 is 2.67 bits per heavy atom. The molecule has 0 radical (unpaired) electrons. The van der Waals surface area contributed by atoms with E-state index in [1.807, 2.05) is 24.3 Å². The molecule has 3 rings (SSSR count). The lowest BCUT2D eigenvalue weighted by atomic mass is 10.2. The fourth-order valence-corrected chi connectivity index (χ4v) is 2.48. The van der Waals surface area contributed by atoms with Crippen LogP contribution in [0.15, 0.2) is 59.2 Å². The molecule has 120 valence electrons. The molecule has 24 heavy (non-hydrogen) atoms. The molecule has 0 saturated carbocycles. The van der Waals surface area contributed by atoms with E-state index in [0.717, 1.165) is 9.13 Å². The molecule has 0 bridgehead atoms. The minimum Gasteiger partial charge on any atom is -0.427 e. The van der Waals surface area contributed by atoms with Crippen LogP contribution in [0.3, 0.4) is 0 Å². The van der Waals surface area contributed by atoms with Gasteiger partial charge in [0, 0.05) is 16.1 Å². The molecule has 0 aromatic heterocycles. The van der Waals surface area contributed by atoms with Gasteiger partial charge in [-0.15, -0.1) is 0 Å². The van der Waals surface area contributed by atoms with E-state index in [-0.39, 0.29) is 11.6 Å². The van der Waals surface area contributed by atoms with E-state index >= 15 is 0 Å². The van der Waals surface area contributed by atoms with E-state index in [4.69, 9.17) is 9.47 Å². The van der Waals surface area contributed by atoms with E-state index in [0.29, 0.717) is 11.3 Å². The summed E-state index contributed by atoms with van der Waals surface area (Å²) in [6.45, 7) is 1.33. The molecule has 1 aliphatic heterocycles. The fraction of sp³-hybridized carbons (Fsp3) is 0.0556. The maximum atomic E-state index is 12.0. The average molecular weight is 433 g/mol. The summed E-state index contributed by atoms with van der Waals surface area (Å²) in [4.78, 5) is 27.3. The zero-order valence-corrected chi connectivity index (χ0v) is 14.8. The number of aliphatic imine (C=N–C) groups is 1. The molecule has 0 fully saturated rings. The molecule has 0 aliphatic carbocycles. The minimum atomic E-state index is -0.513. The van der Waals surface area contributed by atoms with Gasteiger partial charge in [-0.2, -0.15) is 0 Å². The van der Waals surface area contributed by atoms with Gasteiger partial charge in [0.1, 0.15) is 5.75 Å². The highest BCUT2D eigenvalue weighted by atomic mass is 127. The topological polar surface area (TPSA) is 65.0 Å². The van der Waals surface area contributed by atoms with E-state index in [9.17, 15) is 9.59 Å². The smallest absolute Gasteiger partial charge is 0.363 e. The van der Waals surface area contributed by atoms with Crippen molar-refractivity contribution >= 4 is 46.5 Å². The number of nitrogens with zero attached hydrogens (tertiary/aromatic N) is 1. The van der Waals surface area contributed by atoms with Crippen LogP contribution in [0, 0.1) is 3.57 Å². The predicted molar refractivity (Wildman–Crippen MR) is 97.5 cm³/mol. The maximum Gasteiger partial charge on any atom is 0.363 e. The Balaban J connectivity index is 1.88. The predicted octanol–water partition coefficient (Wildman–Crippen LogP) is 3.56. The average Bonchev–Trinajstić information content (AvgIpc) is 2.89. The van der Waals surface area contributed by atoms with Crippen LogP contribution >= 0.6 is 22.6 Å². The highest BCUT2D eigenvalue weighted by Crippen LogP contribution is 2.21. The van der Waals surface area contributed by atoms with Crippen molar-refractivity contribution in [3.8, 4) is 5.75 Å². The van der Waals surface area contributed by atoms with Gasteiger partial charge >= 0.3 is 11.9 Å². The molecule has 2 aromatic rings. The highest BCUT2D eigenvalue weighted by molar-refractivity contribution is 14.1. The second-order valence-electron chi connectivity index (χ2n) is 5.01. The molecule has 1 aliphatic rings. The number of carbonyl (C=O) groups is 2. The Morgan fingerprint density at radius 1 is 1.21 bits per heavy atom. The first-order valence-corrected chi connectivity index (χ1v) is 8.16. The van der Waals surface area contributed by atoms with Crippen molar-refractivity contribution in [2.75, 3.05) is 0 Å². The van der Waals surface area contributed by atoms with Crippen molar-refractivity contribution in [1.29, 1.82) is 0 Å². The van der Waals surface area contributed by atoms with Crippen molar-refractivity contribution in [2.24, 2.45) is 4.99 Å². The number of hydrogen-bond acceptors (Lipinski definition) is 5. The van der Waals surface area contributed by atoms with Gasteiger partial charge in [0.2, 0.25) is 5.90 Å². The van der Waals surface area contributed by atoms with Crippen molar-refractivity contribution in [3.05, 3.63) is 68.9 Å². The van der Waals surface area contributed by atoms with Crippen molar-refractivity contribution in [2.45, 2.75) is 6.92 Å². The van der Waals surface area contributed by atoms with Crippen molar-refractivity contribution in [1.82, 2.24) is 0 Å². The molecule has 2 aromatic carbocycles. The lowest BCUT2D eigenvalue weighted by Crippen LogP contribution is -2.05. The molecular formula is C18H12INO4. The number of benzene rings is 2. The Morgan fingerprint density at radius 2 is 1.96 bits per heavy atom. The molecule has 1 heterocycles. The van der Waals surface area contributed by atoms with Gasteiger partial charge in [0.25, 0.3) is 0 Å². The summed E-state index contributed by atoms with van der Waals surface area (Å²) in [6.07, 6.45) is 1.59. The molecule has 0 N–H and O–H groups in total. The second kappa shape index (κ2) is 6.96. The molecular weight excluding hydrogens is 421 g/mol. The number of halogens is 1. The third-order valence-electron chi connectivity index (χ3n) is 3.13. The quantitative estimate of drug-likeness (QED) is 0.322. The second-order valence-corrected chi connectivity index (χ2v) is 6.25. The monoisotopic (exact) mass is 433 g/mol. The summed E-state index contributed by atoms with van der Waals surface area (Å²) in [5.74, 6) is -0.232. The van der Waals surface area contributed by atoms with E-state index < -0.39 is 11.9 Å². The number of hydrogen-bond donors (Lipinski definition) is 0. The van der Waals surface area contributed by atoms with Gasteiger partial charge in [-0.05, 0) is 70.6 Å². The van der Waals surface area contributed by atoms with Gasteiger partial charge in [-0.1, -0.05) is 12.1 Å². The van der Waals surface area contributed by atoms with Gasteiger partial charge in [0.15, 0.2) is 5.70 Å². The third kappa shape index (κ3) is 3.88. The number of esters is 2.